The van der Waals surface area contributed by atoms with Gasteiger partial charge < -0.3 is 5.32 Å². The summed E-state index contributed by atoms with van der Waals surface area (Å²) >= 11 is 0. The largest absolute Gasteiger partial charge is 0.353 e. The summed E-state index contributed by atoms with van der Waals surface area (Å²) in [7, 11) is 0. The second kappa shape index (κ2) is 11.5. The van der Waals surface area contributed by atoms with Gasteiger partial charge in [-0.1, -0.05) is 55.3 Å². The van der Waals surface area contributed by atoms with Crippen molar-refractivity contribution in [3.8, 4) is 0 Å². The van der Waals surface area contributed by atoms with Gasteiger partial charge in [0.15, 0.2) is 0 Å². The molecule has 0 fully saturated rings. The third-order valence-corrected chi connectivity index (χ3v) is 3.21. The van der Waals surface area contributed by atoms with Gasteiger partial charge in [0, 0.05) is 19.4 Å². The Hall–Kier alpha value is -2.14. The summed E-state index contributed by atoms with van der Waals surface area (Å²) in [6.07, 6.45) is 8.08. The van der Waals surface area contributed by atoms with E-state index in [2.05, 4.69) is 5.32 Å². The lowest BCUT2D eigenvalue weighted by atomic mass is 10.1. The van der Waals surface area contributed by atoms with Crippen LogP contribution in [0.5, 0.6) is 0 Å². The lowest BCUT2D eigenvalue weighted by Crippen LogP contribution is -2.22. The van der Waals surface area contributed by atoms with E-state index in [0.717, 1.165) is 31.2 Å². The number of nitrogens with one attached hydrogen (secondary N) is 2. The average molecular weight is 304 g/mol. The van der Waals surface area contributed by atoms with Gasteiger partial charge in [0.05, 0.1) is 0 Å². The van der Waals surface area contributed by atoms with E-state index in [1.807, 2.05) is 42.5 Å². The fourth-order valence-corrected chi connectivity index (χ4v) is 2.00. The predicted octanol–water partition coefficient (Wildman–Crippen LogP) is 2.66. The topological polar surface area (TPSA) is 78.4 Å². The molecule has 0 atom stereocenters. The summed E-state index contributed by atoms with van der Waals surface area (Å²) < 4.78 is 0. The fourth-order valence-electron chi connectivity index (χ4n) is 2.00. The van der Waals surface area contributed by atoms with Crippen molar-refractivity contribution in [2.45, 2.75) is 38.5 Å². The van der Waals surface area contributed by atoms with Gasteiger partial charge in [-0.3, -0.25) is 14.8 Å². The first-order valence-corrected chi connectivity index (χ1v) is 7.63. The number of hydroxylamine groups is 1. The van der Waals surface area contributed by atoms with E-state index in [4.69, 9.17) is 5.21 Å². The van der Waals surface area contributed by atoms with Crippen LogP contribution in [0.15, 0.2) is 36.4 Å². The highest BCUT2D eigenvalue weighted by molar-refractivity contribution is 5.76. The number of benzene rings is 1. The Balaban J connectivity index is 2.00. The molecule has 0 aliphatic heterocycles. The van der Waals surface area contributed by atoms with Crippen LogP contribution in [-0.2, 0) is 9.59 Å². The van der Waals surface area contributed by atoms with Crippen molar-refractivity contribution >= 4 is 17.9 Å². The van der Waals surface area contributed by atoms with E-state index < -0.39 is 0 Å². The molecular formula is C17H24N2O3. The zero-order valence-electron chi connectivity index (χ0n) is 12.8. The zero-order valence-corrected chi connectivity index (χ0v) is 12.8. The van der Waals surface area contributed by atoms with E-state index in [0.29, 0.717) is 19.4 Å². The van der Waals surface area contributed by atoms with Gasteiger partial charge in [0.1, 0.15) is 0 Å². The molecule has 0 aliphatic carbocycles. The standard InChI is InChI=1S/C17H24N2O3/c20-16(12-6-1-2-7-13-17(21)19-22)18-14-8-11-15-9-4-3-5-10-15/h3-5,8-11,22H,1-2,6-7,12-14H2,(H,18,20)(H,19,21)/b11-8+. The number of hydrogen-bond donors (Lipinski definition) is 3. The van der Waals surface area contributed by atoms with Crippen molar-refractivity contribution in [2.24, 2.45) is 0 Å². The summed E-state index contributed by atoms with van der Waals surface area (Å²) in [5.41, 5.74) is 2.72. The van der Waals surface area contributed by atoms with E-state index in [1.54, 1.807) is 5.48 Å². The number of carbonyl (C=O) groups excluding carboxylic acids is 2. The van der Waals surface area contributed by atoms with Crippen LogP contribution in [0.1, 0.15) is 44.1 Å². The first-order valence-electron chi connectivity index (χ1n) is 7.63. The van der Waals surface area contributed by atoms with E-state index in [9.17, 15) is 9.59 Å². The molecule has 1 rings (SSSR count). The molecule has 0 spiro atoms. The van der Waals surface area contributed by atoms with Crippen molar-refractivity contribution in [3.63, 3.8) is 0 Å². The Morgan fingerprint density at radius 3 is 2.23 bits per heavy atom. The molecule has 0 bridgehead atoms. The molecule has 1 aromatic rings. The van der Waals surface area contributed by atoms with E-state index in [-0.39, 0.29) is 11.8 Å². The SMILES string of the molecule is O=C(CCCCCCC(=O)NC/C=C/c1ccccc1)NO. The molecule has 0 aliphatic rings. The second-order valence-corrected chi connectivity index (χ2v) is 5.07. The van der Waals surface area contributed by atoms with Crippen LogP contribution in [0.4, 0.5) is 0 Å². The summed E-state index contributed by atoms with van der Waals surface area (Å²) in [6.45, 7) is 0.532. The van der Waals surface area contributed by atoms with Crippen LogP contribution >= 0.6 is 0 Å². The van der Waals surface area contributed by atoms with Crippen LogP contribution in [0.2, 0.25) is 0 Å². The first-order chi connectivity index (χ1) is 10.7. The molecule has 1 aromatic carbocycles. The van der Waals surface area contributed by atoms with Crippen molar-refractivity contribution < 1.29 is 14.8 Å². The Kier molecular flexibility index (Phi) is 9.37. The molecule has 0 unspecified atom stereocenters. The minimum Gasteiger partial charge on any atom is -0.353 e. The van der Waals surface area contributed by atoms with Gasteiger partial charge in [-0.25, -0.2) is 5.48 Å². The Labute approximate surface area is 131 Å². The van der Waals surface area contributed by atoms with Gasteiger partial charge in [0.2, 0.25) is 11.8 Å². The average Bonchev–Trinajstić information content (AvgIpc) is 2.55. The molecule has 5 heteroatoms. The van der Waals surface area contributed by atoms with Gasteiger partial charge in [-0.05, 0) is 18.4 Å². The van der Waals surface area contributed by atoms with Gasteiger partial charge in [-0.2, -0.15) is 0 Å². The second-order valence-electron chi connectivity index (χ2n) is 5.07. The summed E-state index contributed by atoms with van der Waals surface area (Å²) in [4.78, 5) is 22.4. The van der Waals surface area contributed by atoms with E-state index >= 15 is 0 Å². The molecule has 120 valence electrons. The minimum atomic E-state index is -0.358. The third kappa shape index (κ3) is 8.92. The summed E-state index contributed by atoms with van der Waals surface area (Å²) in [5.74, 6) is -0.311. The number of hydrogen-bond acceptors (Lipinski definition) is 3. The minimum absolute atomic E-state index is 0.0470. The molecular weight excluding hydrogens is 280 g/mol. The monoisotopic (exact) mass is 304 g/mol. The van der Waals surface area contributed by atoms with Crippen molar-refractivity contribution in [1.29, 1.82) is 0 Å². The number of amides is 2. The molecule has 5 nitrogen and oxygen atoms in total. The van der Waals surface area contributed by atoms with Crippen LogP contribution in [0.25, 0.3) is 6.08 Å². The van der Waals surface area contributed by atoms with Crippen LogP contribution in [-0.4, -0.2) is 23.6 Å². The summed E-state index contributed by atoms with van der Waals surface area (Å²) in [5, 5.41) is 11.2. The molecule has 0 heterocycles. The quantitative estimate of drug-likeness (QED) is 0.353. The molecule has 0 aromatic heterocycles. The number of carbonyl (C=O) groups is 2. The molecule has 2 amide bonds. The van der Waals surface area contributed by atoms with Gasteiger partial charge in [-0.15, -0.1) is 0 Å². The molecule has 0 saturated carbocycles. The normalized spacial score (nSPS) is 10.6. The Bertz CT molecular complexity index is 472. The maximum absolute atomic E-state index is 11.6. The highest BCUT2D eigenvalue weighted by atomic mass is 16.5. The maximum atomic E-state index is 11.6. The molecule has 0 saturated heterocycles. The van der Waals surface area contributed by atoms with Crippen molar-refractivity contribution in [2.75, 3.05) is 6.54 Å². The lowest BCUT2D eigenvalue weighted by molar-refractivity contribution is -0.129. The van der Waals surface area contributed by atoms with Gasteiger partial charge >= 0.3 is 0 Å². The van der Waals surface area contributed by atoms with Crippen molar-refractivity contribution in [1.82, 2.24) is 10.8 Å². The molecule has 0 radical (unpaired) electrons. The molecule has 22 heavy (non-hydrogen) atoms. The number of unbranched alkanes of at least 4 members (excludes halogenated alkanes) is 3. The Morgan fingerprint density at radius 1 is 0.955 bits per heavy atom. The fraction of sp³-hybridized carbons (Fsp3) is 0.412. The smallest absolute Gasteiger partial charge is 0.243 e. The highest BCUT2D eigenvalue weighted by Crippen LogP contribution is 2.05. The van der Waals surface area contributed by atoms with Gasteiger partial charge in [0.25, 0.3) is 0 Å². The zero-order chi connectivity index (χ0) is 16.0. The third-order valence-electron chi connectivity index (χ3n) is 3.21. The molecule has 3 N–H and O–H groups in total. The first kappa shape index (κ1) is 17.9. The Morgan fingerprint density at radius 2 is 1.59 bits per heavy atom. The van der Waals surface area contributed by atoms with Crippen LogP contribution in [0, 0.1) is 0 Å². The van der Waals surface area contributed by atoms with Crippen LogP contribution in [0.3, 0.4) is 0 Å². The summed E-state index contributed by atoms with van der Waals surface area (Å²) in [6, 6.07) is 9.94. The van der Waals surface area contributed by atoms with E-state index in [1.165, 1.54) is 0 Å². The maximum Gasteiger partial charge on any atom is 0.243 e. The van der Waals surface area contributed by atoms with Crippen molar-refractivity contribution in [3.05, 3.63) is 42.0 Å². The number of rotatable bonds is 10. The van der Waals surface area contributed by atoms with Crippen LogP contribution < -0.4 is 10.8 Å². The lowest BCUT2D eigenvalue weighted by Gasteiger charge is -2.03. The predicted molar refractivity (Wildman–Crippen MR) is 86.1 cm³/mol. The highest BCUT2D eigenvalue weighted by Gasteiger charge is 2.01.